The van der Waals surface area contributed by atoms with Gasteiger partial charge in [0.05, 0.1) is 13.0 Å². The third kappa shape index (κ3) is 3.18. The minimum atomic E-state index is -0.899. The summed E-state index contributed by atoms with van der Waals surface area (Å²) in [5, 5.41) is 2.44. The third-order valence-corrected chi connectivity index (χ3v) is 3.62. The smallest absolute Gasteiger partial charge is 0.229 e. The number of carbonyl (C=O) groups excluding carboxylic acids is 2. The molecule has 1 aromatic rings. The van der Waals surface area contributed by atoms with Gasteiger partial charge in [0, 0.05) is 36.8 Å². The quantitative estimate of drug-likeness (QED) is 0.927. The monoisotopic (exact) mass is 312 g/mol. The van der Waals surface area contributed by atoms with E-state index in [0.29, 0.717) is 6.54 Å². The van der Waals surface area contributed by atoms with Gasteiger partial charge < -0.3 is 15.0 Å². The molecule has 5 nitrogen and oxygen atoms in total. The van der Waals surface area contributed by atoms with Crippen LogP contribution in [0.2, 0.25) is 0 Å². The molecule has 0 saturated carbocycles. The van der Waals surface area contributed by atoms with Gasteiger partial charge >= 0.3 is 0 Å². The molecule has 1 fully saturated rings. The second kappa shape index (κ2) is 6.29. The molecule has 22 heavy (non-hydrogen) atoms. The van der Waals surface area contributed by atoms with Crippen molar-refractivity contribution in [2.75, 3.05) is 19.0 Å². The molecule has 120 valence electrons. The average Bonchev–Trinajstić information content (AvgIpc) is 2.80. The van der Waals surface area contributed by atoms with Crippen LogP contribution in [0, 0.1) is 17.6 Å². The molecule has 1 aliphatic rings. The second-order valence-electron chi connectivity index (χ2n) is 5.50. The van der Waals surface area contributed by atoms with Crippen LogP contribution in [0.1, 0.15) is 20.3 Å². The lowest BCUT2D eigenvalue weighted by atomic mass is 10.1. The first-order valence-corrected chi connectivity index (χ1v) is 6.96. The molecule has 0 spiro atoms. The van der Waals surface area contributed by atoms with E-state index in [1.54, 1.807) is 4.90 Å². The molecule has 1 heterocycles. The maximum atomic E-state index is 13.6. The summed E-state index contributed by atoms with van der Waals surface area (Å²) in [4.78, 5) is 25.5. The van der Waals surface area contributed by atoms with Gasteiger partial charge in [-0.3, -0.25) is 9.59 Å². The number of likely N-dealkylation sites (tertiary alicyclic amines) is 1. The van der Waals surface area contributed by atoms with Crippen molar-refractivity contribution in [3.63, 3.8) is 0 Å². The molecule has 1 unspecified atom stereocenters. The molecule has 1 saturated heterocycles. The van der Waals surface area contributed by atoms with Crippen molar-refractivity contribution in [2.45, 2.75) is 26.3 Å². The molecule has 2 rings (SSSR count). The van der Waals surface area contributed by atoms with Crippen LogP contribution in [0.15, 0.2) is 12.1 Å². The lowest BCUT2D eigenvalue weighted by Crippen LogP contribution is -2.33. The zero-order chi connectivity index (χ0) is 16.4. The zero-order valence-electron chi connectivity index (χ0n) is 12.7. The van der Waals surface area contributed by atoms with Crippen molar-refractivity contribution in [3.8, 4) is 5.75 Å². The number of nitrogens with one attached hydrogen (secondary N) is 1. The molecule has 1 aromatic carbocycles. The van der Waals surface area contributed by atoms with Crippen molar-refractivity contribution in [1.29, 1.82) is 0 Å². The Balaban J connectivity index is 2.09. The summed E-state index contributed by atoms with van der Waals surface area (Å²) < 4.78 is 31.8. The van der Waals surface area contributed by atoms with Crippen LogP contribution < -0.4 is 10.1 Å². The molecular weight excluding hydrogens is 294 g/mol. The predicted molar refractivity (Wildman–Crippen MR) is 76.5 cm³/mol. The first-order valence-electron chi connectivity index (χ1n) is 6.96. The summed E-state index contributed by atoms with van der Waals surface area (Å²) >= 11 is 0. The van der Waals surface area contributed by atoms with Crippen LogP contribution >= 0.6 is 0 Å². The maximum absolute atomic E-state index is 13.6. The van der Waals surface area contributed by atoms with E-state index >= 15 is 0 Å². The van der Waals surface area contributed by atoms with E-state index in [2.05, 4.69) is 10.1 Å². The van der Waals surface area contributed by atoms with Gasteiger partial charge in [0.2, 0.25) is 11.8 Å². The van der Waals surface area contributed by atoms with Crippen LogP contribution in [-0.2, 0) is 9.59 Å². The fraction of sp³-hybridized carbons (Fsp3) is 0.467. The van der Waals surface area contributed by atoms with Gasteiger partial charge in [-0.15, -0.1) is 0 Å². The number of methoxy groups -OCH3 is 1. The van der Waals surface area contributed by atoms with Crippen LogP contribution in [0.25, 0.3) is 0 Å². The molecule has 1 N–H and O–H groups in total. The van der Waals surface area contributed by atoms with E-state index in [4.69, 9.17) is 0 Å². The Morgan fingerprint density at radius 3 is 2.41 bits per heavy atom. The van der Waals surface area contributed by atoms with Crippen molar-refractivity contribution < 1.29 is 23.1 Å². The van der Waals surface area contributed by atoms with Crippen LogP contribution in [0.4, 0.5) is 14.5 Å². The highest BCUT2D eigenvalue weighted by atomic mass is 19.1. The van der Waals surface area contributed by atoms with E-state index in [9.17, 15) is 18.4 Å². The minimum Gasteiger partial charge on any atom is -0.491 e. The lowest BCUT2D eigenvalue weighted by Gasteiger charge is -2.20. The summed E-state index contributed by atoms with van der Waals surface area (Å²) in [6.45, 7) is 4.04. The number of hydrogen-bond donors (Lipinski definition) is 1. The molecule has 0 aliphatic carbocycles. The summed E-state index contributed by atoms with van der Waals surface area (Å²) in [5.74, 6) is -3.35. The molecule has 1 aliphatic heterocycles. The molecule has 0 bridgehead atoms. The standard InChI is InChI=1S/C15H18F2N2O3/c1-8(2)19-7-9(4-13(19)20)15(21)18-10-5-11(16)14(22-3)12(17)6-10/h5-6,8-9H,4,7H2,1-3H3,(H,18,21). The number of halogens is 2. The van der Waals surface area contributed by atoms with E-state index in [0.717, 1.165) is 19.2 Å². The largest absolute Gasteiger partial charge is 0.491 e. The van der Waals surface area contributed by atoms with Crippen molar-refractivity contribution >= 4 is 17.5 Å². The number of ether oxygens (including phenoxy) is 1. The minimum absolute atomic E-state index is 0.00348. The van der Waals surface area contributed by atoms with E-state index in [1.807, 2.05) is 13.8 Å². The highest BCUT2D eigenvalue weighted by molar-refractivity contribution is 5.97. The van der Waals surface area contributed by atoms with Crippen LogP contribution in [-0.4, -0.2) is 36.4 Å². The Morgan fingerprint density at radius 2 is 1.95 bits per heavy atom. The summed E-state index contributed by atoms with van der Waals surface area (Å²) in [6.07, 6.45) is 0.102. The highest BCUT2D eigenvalue weighted by Crippen LogP contribution is 2.27. The van der Waals surface area contributed by atoms with Gasteiger partial charge in [-0.05, 0) is 13.8 Å². The fourth-order valence-electron chi connectivity index (χ4n) is 2.48. The Morgan fingerprint density at radius 1 is 1.36 bits per heavy atom. The van der Waals surface area contributed by atoms with Gasteiger partial charge in [-0.1, -0.05) is 0 Å². The Kier molecular flexibility index (Phi) is 4.63. The molecule has 0 radical (unpaired) electrons. The number of anilines is 1. The van der Waals surface area contributed by atoms with Crippen LogP contribution in [0.3, 0.4) is 0 Å². The molecule has 2 amide bonds. The summed E-state index contributed by atoms with van der Waals surface area (Å²) in [6, 6.07) is 1.98. The van der Waals surface area contributed by atoms with Gasteiger partial charge in [0.15, 0.2) is 17.4 Å². The molecule has 0 aromatic heterocycles. The number of nitrogens with zero attached hydrogens (tertiary/aromatic N) is 1. The lowest BCUT2D eigenvalue weighted by molar-refractivity contribution is -0.129. The van der Waals surface area contributed by atoms with Crippen LogP contribution in [0.5, 0.6) is 5.75 Å². The average molecular weight is 312 g/mol. The second-order valence-corrected chi connectivity index (χ2v) is 5.50. The number of benzene rings is 1. The fourth-order valence-corrected chi connectivity index (χ4v) is 2.48. The third-order valence-electron chi connectivity index (χ3n) is 3.62. The molecule has 1 atom stereocenters. The van der Waals surface area contributed by atoms with E-state index in [1.165, 1.54) is 0 Å². The SMILES string of the molecule is COc1c(F)cc(NC(=O)C2CC(=O)N(C(C)C)C2)cc1F. The van der Waals surface area contributed by atoms with Gasteiger partial charge in [0.1, 0.15) is 0 Å². The number of amides is 2. The van der Waals surface area contributed by atoms with Gasteiger partial charge in [-0.25, -0.2) is 8.78 Å². The predicted octanol–water partition coefficient (Wildman–Crippen LogP) is 2.17. The highest BCUT2D eigenvalue weighted by Gasteiger charge is 2.35. The van der Waals surface area contributed by atoms with Gasteiger partial charge in [0.25, 0.3) is 0 Å². The van der Waals surface area contributed by atoms with E-state index < -0.39 is 29.2 Å². The Bertz CT molecular complexity index is 581. The normalized spacial score (nSPS) is 18.0. The van der Waals surface area contributed by atoms with Crippen molar-refractivity contribution in [1.82, 2.24) is 4.90 Å². The summed E-state index contributed by atoms with van der Waals surface area (Å²) in [5.41, 5.74) is -0.00348. The Labute approximate surface area is 127 Å². The molecule has 7 heteroatoms. The first-order chi connectivity index (χ1) is 10.3. The zero-order valence-corrected chi connectivity index (χ0v) is 12.7. The first kappa shape index (κ1) is 16.2. The number of rotatable bonds is 4. The summed E-state index contributed by atoms with van der Waals surface area (Å²) in [7, 11) is 1.16. The van der Waals surface area contributed by atoms with Crippen molar-refractivity contribution in [3.05, 3.63) is 23.8 Å². The van der Waals surface area contributed by atoms with E-state index in [-0.39, 0.29) is 24.1 Å². The van der Waals surface area contributed by atoms with Crippen molar-refractivity contribution in [2.24, 2.45) is 5.92 Å². The molecular formula is C15H18F2N2O3. The maximum Gasteiger partial charge on any atom is 0.229 e. The topological polar surface area (TPSA) is 58.6 Å². The number of hydrogen-bond acceptors (Lipinski definition) is 3. The Hall–Kier alpha value is -2.18. The van der Waals surface area contributed by atoms with Gasteiger partial charge in [-0.2, -0.15) is 0 Å². The number of carbonyl (C=O) groups is 2.